The number of ether oxygens (including phenoxy) is 1. The predicted octanol–water partition coefficient (Wildman–Crippen LogP) is 1.51. The summed E-state index contributed by atoms with van der Waals surface area (Å²) in [6, 6.07) is 3.30. The second kappa shape index (κ2) is 3.78. The van der Waals surface area contributed by atoms with E-state index in [1.54, 1.807) is 31.6 Å². The van der Waals surface area contributed by atoms with Gasteiger partial charge in [0.15, 0.2) is 0 Å². The normalized spacial score (nSPS) is 10.3. The van der Waals surface area contributed by atoms with Gasteiger partial charge in [-0.2, -0.15) is 10.2 Å². The molecule has 0 aliphatic rings. The topological polar surface area (TPSA) is 66.0 Å². The second-order valence-electron chi connectivity index (χ2n) is 2.86. The fourth-order valence-electron chi connectivity index (χ4n) is 1.23. The highest BCUT2D eigenvalue weighted by atomic mass is 35.5. The van der Waals surface area contributed by atoms with E-state index < -0.39 is 0 Å². The first-order valence-corrected chi connectivity index (χ1v) is 4.60. The third kappa shape index (κ3) is 1.73. The first-order valence-electron chi connectivity index (χ1n) is 4.22. The molecule has 1 heterocycles. The maximum Gasteiger partial charge on any atom is 0.144 e. The Morgan fingerprint density at radius 3 is 2.60 bits per heavy atom. The lowest BCUT2D eigenvalue weighted by atomic mass is 10.2. The Morgan fingerprint density at radius 1 is 1.33 bits per heavy atom. The van der Waals surface area contributed by atoms with E-state index in [0.29, 0.717) is 22.1 Å². The van der Waals surface area contributed by atoms with Crippen molar-refractivity contribution in [2.75, 3.05) is 12.8 Å². The van der Waals surface area contributed by atoms with E-state index >= 15 is 0 Å². The van der Waals surface area contributed by atoms with E-state index in [0.717, 1.165) is 0 Å². The third-order valence-electron chi connectivity index (χ3n) is 1.93. The summed E-state index contributed by atoms with van der Waals surface area (Å²) >= 11 is 6.01. The average molecular weight is 225 g/mol. The summed E-state index contributed by atoms with van der Waals surface area (Å²) in [7, 11) is 1.54. The maximum atomic E-state index is 6.01. The first kappa shape index (κ1) is 9.79. The molecule has 6 heteroatoms. The minimum atomic E-state index is 0.476. The van der Waals surface area contributed by atoms with Crippen molar-refractivity contribution in [3.8, 4) is 11.4 Å². The van der Waals surface area contributed by atoms with Gasteiger partial charge in [-0.3, -0.25) is 0 Å². The molecule has 0 bridgehead atoms. The van der Waals surface area contributed by atoms with Crippen molar-refractivity contribution in [2.45, 2.75) is 0 Å². The molecule has 2 N–H and O–H groups in total. The number of nitrogens with two attached hydrogens (primary N) is 1. The van der Waals surface area contributed by atoms with Crippen molar-refractivity contribution in [2.24, 2.45) is 0 Å². The number of hydrogen-bond donors (Lipinski definition) is 1. The van der Waals surface area contributed by atoms with Crippen LogP contribution < -0.4 is 10.5 Å². The molecule has 0 aliphatic carbocycles. The van der Waals surface area contributed by atoms with Gasteiger partial charge in [-0.05, 0) is 6.07 Å². The van der Waals surface area contributed by atoms with Crippen LogP contribution in [0.15, 0.2) is 24.5 Å². The summed E-state index contributed by atoms with van der Waals surface area (Å²) in [4.78, 5) is 1.41. The van der Waals surface area contributed by atoms with Gasteiger partial charge in [0.2, 0.25) is 0 Å². The van der Waals surface area contributed by atoms with E-state index in [4.69, 9.17) is 22.1 Å². The second-order valence-corrected chi connectivity index (χ2v) is 3.27. The maximum absolute atomic E-state index is 6.01. The number of nitrogen functional groups attached to an aromatic ring is 1. The van der Waals surface area contributed by atoms with Gasteiger partial charge in [0.05, 0.1) is 30.2 Å². The molecule has 0 atom stereocenters. The van der Waals surface area contributed by atoms with Crippen LogP contribution in [0.2, 0.25) is 5.02 Å². The molecular weight excluding hydrogens is 216 g/mol. The molecular formula is C9H9ClN4O. The number of benzene rings is 1. The molecule has 0 fully saturated rings. The number of nitrogens with zero attached hydrogens (tertiary/aromatic N) is 3. The Bertz CT molecular complexity index is 469. The fraction of sp³-hybridized carbons (Fsp3) is 0.111. The molecule has 0 saturated carbocycles. The Morgan fingerprint density at radius 2 is 2.00 bits per heavy atom. The summed E-state index contributed by atoms with van der Waals surface area (Å²) in [5.41, 5.74) is 6.81. The van der Waals surface area contributed by atoms with Crippen LogP contribution >= 0.6 is 11.6 Å². The molecule has 2 aromatic rings. The van der Waals surface area contributed by atoms with Crippen molar-refractivity contribution < 1.29 is 4.74 Å². The minimum Gasteiger partial charge on any atom is -0.495 e. The van der Waals surface area contributed by atoms with Crippen LogP contribution in [0.4, 0.5) is 5.69 Å². The minimum absolute atomic E-state index is 0.476. The summed E-state index contributed by atoms with van der Waals surface area (Å²) in [5.74, 6) is 0.548. The number of aromatic nitrogens is 3. The van der Waals surface area contributed by atoms with Gasteiger partial charge in [-0.1, -0.05) is 11.6 Å². The predicted molar refractivity (Wildman–Crippen MR) is 57.3 cm³/mol. The molecule has 1 aromatic heterocycles. The van der Waals surface area contributed by atoms with Crippen LogP contribution in [0.5, 0.6) is 5.75 Å². The van der Waals surface area contributed by atoms with E-state index in [1.165, 1.54) is 4.80 Å². The van der Waals surface area contributed by atoms with E-state index in [-0.39, 0.29) is 0 Å². The Labute approximate surface area is 91.4 Å². The first-order chi connectivity index (χ1) is 7.22. The number of halogens is 1. The Kier molecular flexibility index (Phi) is 2.47. The quantitative estimate of drug-likeness (QED) is 0.786. The number of rotatable bonds is 2. The lowest BCUT2D eigenvalue weighted by Crippen LogP contribution is -2.01. The highest BCUT2D eigenvalue weighted by molar-refractivity contribution is 6.32. The van der Waals surface area contributed by atoms with Gasteiger partial charge in [0, 0.05) is 6.07 Å². The Hall–Kier alpha value is -1.75. The van der Waals surface area contributed by atoms with E-state index in [2.05, 4.69) is 10.2 Å². The molecule has 2 rings (SSSR count). The van der Waals surface area contributed by atoms with E-state index in [1.807, 2.05) is 0 Å². The van der Waals surface area contributed by atoms with Crippen molar-refractivity contribution in [3.63, 3.8) is 0 Å². The van der Waals surface area contributed by atoms with Gasteiger partial charge in [0.1, 0.15) is 11.4 Å². The van der Waals surface area contributed by atoms with Gasteiger partial charge < -0.3 is 10.5 Å². The zero-order valence-corrected chi connectivity index (χ0v) is 8.77. The van der Waals surface area contributed by atoms with Crippen LogP contribution in [0.3, 0.4) is 0 Å². The SMILES string of the molecule is COc1cc(-n2nccn2)c(Cl)cc1N. The van der Waals surface area contributed by atoms with Gasteiger partial charge in [0.25, 0.3) is 0 Å². The summed E-state index contributed by atoms with van der Waals surface area (Å²) in [5, 5.41) is 8.43. The molecule has 0 amide bonds. The monoisotopic (exact) mass is 224 g/mol. The number of hydrogen-bond acceptors (Lipinski definition) is 4. The van der Waals surface area contributed by atoms with Crippen molar-refractivity contribution >= 4 is 17.3 Å². The van der Waals surface area contributed by atoms with Crippen LogP contribution in [0.1, 0.15) is 0 Å². The van der Waals surface area contributed by atoms with Crippen LogP contribution in [0.25, 0.3) is 5.69 Å². The van der Waals surface area contributed by atoms with Crippen LogP contribution in [-0.4, -0.2) is 22.1 Å². The zero-order valence-electron chi connectivity index (χ0n) is 8.01. The van der Waals surface area contributed by atoms with Crippen LogP contribution in [0, 0.1) is 0 Å². The highest BCUT2D eigenvalue weighted by Crippen LogP contribution is 2.30. The lowest BCUT2D eigenvalue weighted by molar-refractivity contribution is 0.416. The standard InChI is InChI=1S/C9H9ClN4O/c1-15-9-5-8(6(10)4-7(9)11)14-12-2-3-13-14/h2-5H,11H2,1H3. The molecule has 1 aromatic carbocycles. The fourth-order valence-corrected chi connectivity index (χ4v) is 1.48. The van der Waals surface area contributed by atoms with Gasteiger partial charge in [-0.25, -0.2) is 0 Å². The van der Waals surface area contributed by atoms with Gasteiger partial charge in [-0.15, -0.1) is 4.80 Å². The molecule has 5 nitrogen and oxygen atoms in total. The number of anilines is 1. The van der Waals surface area contributed by atoms with Gasteiger partial charge >= 0.3 is 0 Å². The molecule has 78 valence electrons. The van der Waals surface area contributed by atoms with Crippen molar-refractivity contribution in [1.82, 2.24) is 15.0 Å². The molecule has 0 aliphatic heterocycles. The summed E-state index contributed by atoms with van der Waals surface area (Å²) < 4.78 is 5.09. The molecule has 0 saturated heterocycles. The average Bonchev–Trinajstić information content (AvgIpc) is 2.71. The Balaban J connectivity index is 2.57. The highest BCUT2D eigenvalue weighted by Gasteiger charge is 2.09. The lowest BCUT2D eigenvalue weighted by Gasteiger charge is -2.08. The molecule has 15 heavy (non-hydrogen) atoms. The van der Waals surface area contributed by atoms with Crippen molar-refractivity contribution in [1.29, 1.82) is 0 Å². The third-order valence-corrected chi connectivity index (χ3v) is 2.24. The molecule has 0 unspecified atom stereocenters. The molecule has 0 radical (unpaired) electrons. The number of methoxy groups -OCH3 is 1. The zero-order chi connectivity index (χ0) is 10.8. The summed E-state index contributed by atoms with van der Waals surface area (Å²) in [6.07, 6.45) is 3.14. The van der Waals surface area contributed by atoms with E-state index in [9.17, 15) is 0 Å². The van der Waals surface area contributed by atoms with Crippen LogP contribution in [-0.2, 0) is 0 Å². The van der Waals surface area contributed by atoms with Crippen molar-refractivity contribution in [3.05, 3.63) is 29.5 Å². The largest absolute Gasteiger partial charge is 0.495 e. The summed E-state index contributed by atoms with van der Waals surface area (Å²) in [6.45, 7) is 0. The molecule has 0 spiro atoms. The smallest absolute Gasteiger partial charge is 0.144 e.